The van der Waals surface area contributed by atoms with Gasteiger partial charge in [0.05, 0.1) is 0 Å². The summed E-state index contributed by atoms with van der Waals surface area (Å²) in [4.78, 5) is 2.30. The smallest absolute Gasteiger partial charge is 0.0194 e. The van der Waals surface area contributed by atoms with Crippen molar-refractivity contribution in [3.8, 4) is 0 Å². The van der Waals surface area contributed by atoms with Gasteiger partial charge in [0.15, 0.2) is 0 Å². The summed E-state index contributed by atoms with van der Waals surface area (Å²) in [5.41, 5.74) is 5.83. The van der Waals surface area contributed by atoms with Crippen LogP contribution in [0, 0.1) is 5.92 Å². The number of hydrogen-bond donors (Lipinski definition) is 1. The first kappa shape index (κ1) is 7.03. The highest BCUT2D eigenvalue weighted by atomic mass is 15.1. The van der Waals surface area contributed by atoms with Crippen LogP contribution in [0.4, 0.5) is 0 Å². The van der Waals surface area contributed by atoms with Crippen molar-refractivity contribution in [2.45, 2.75) is 19.4 Å². The number of likely N-dealkylation sites (N-methyl/N-ethyl adjacent to an activating group) is 1. The van der Waals surface area contributed by atoms with Crippen LogP contribution in [0.25, 0.3) is 0 Å². The summed E-state index contributed by atoms with van der Waals surface area (Å²) >= 11 is 0. The van der Waals surface area contributed by atoms with Crippen molar-refractivity contribution < 1.29 is 0 Å². The predicted octanol–water partition coefficient (Wildman–Crippen LogP) is 0.285. The molecule has 0 aromatic carbocycles. The quantitative estimate of drug-likeness (QED) is 0.508. The Labute approximate surface area is 57.0 Å². The van der Waals surface area contributed by atoms with E-state index in [9.17, 15) is 0 Å². The third kappa shape index (κ3) is 1.66. The highest BCUT2D eigenvalue weighted by Crippen LogP contribution is 2.13. The molecular formula is C7H16N2. The van der Waals surface area contributed by atoms with Gasteiger partial charge in [0.25, 0.3) is 0 Å². The van der Waals surface area contributed by atoms with Gasteiger partial charge in [0, 0.05) is 12.6 Å². The molecule has 0 radical (unpaired) electrons. The largest absolute Gasteiger partial charge is 0.326 e. The number of nitrogens with two attached hydrogens (primary N) is 1. The number of piperidine rings is 1. The zero-order valence-corrected chi connectivity index (χ0v) is 6.30. The molecule has 0 aliphatic carbocycles. The van der Waals surface area contributed by atoms with Gasteiger partial charge in [-0.3, -0.25) is 0 Å². The Morgan fingerprint density at radius 2 is 2.22 bits per heavy atom. The fourth-order valence-electron chi connectivity index (χ4n) is 1.27. The van der Waals surface area contributed by atoms with E-state index in [1.165, 1.54) is 13.0 Å². The zero-order chi connectivity index (χ0) is 6.85. The van der Waals surface area contributed by atoms with Gasteiger partial charge in [-0.05, 0) is 25.9 Å². The molecule has 0 aromatic heterocycles. The summed E-state index contributed by atoms with van der Waals surface area (Å²) in [7, 11) is 2.13. The Balaban J connectivity index is 2.35. The topological polar surface area (TPSA) is 29.3 Å². The predicted molar refractivity (Wildman–Crippen MR) is 39.3 cm³/mol. The molecule has 0 saturated carbocycles. The lowest BCUT2D eigenvalue weighted by Gasteiger charge is -2.32. The normalized spacial score (nSPS) is 39.0. The van der Waals surface area contributed by atoms with E-state index in [1.54, 1.807) is 0 Å². The molecule has 0 spiro atoms. The maximum Gasteiger partial charge on any atom is 0.0194 e. The van der Waals surface area contributed by atoms with Crippen molar-refractivity contribution in [3.05, 3.63) is 0 Å². The van der Waals surface area contributed by atoms with Crippen LogP contribution in [0.2, 0.25) is 0 Å². The van der Waals surface area contributed by atoms with E-state index in [0.29, 0.717) is 6.04 Å². The molecule has 2 atom stereocenters. The molecule has 1 aliphatic heterocycles. The molecule has 9 heavy (non-hydrogen) atoms. The minimum absolute atomic E-state index is 0.406. The van der Waals surface area contributed by atoms with Gasteiger partial charge >= 0.3 is 0 Å². The molecule has 54 valence electrons. The molecule has 2 heteroatoms. The first-order valence-electron chi connectivity index (χ1n) is 3.64. The highest BCUT2D eigenvalue weighted by molar-refractivity contribution is 4.78. The molecule has 2 N–H and O–H groups in total. The van der Waals surface area contributed by atoms with E-state index in [4.69, 9.17) is 5.73 Å². The monoisotopic (exact) mass is 128 g/mol. The van der Waals surface area contributed by atoms with Crippen molar-refractivity contribution in [2.75, 3.05) is 20.1 Å². The van der Waals surface area contributed by atoms with Crippen LogP contribution in [0.15, 0.2) is 0 Å². The van der Waals surface area contributed by atoms with Gasteiger partial charge in [-0.2, -0.15) is 0 Å². The van der Waals surface area contributed by atoms with Crippen molar-refractivity contribution in [1.29, 1.82) is 0 Å². The van der Waals surface area contributed by atoms with E-state index in [0.717, 1.165) is 12.5 Å². The van der Waals surface area contributed by atoms with Crippen LogP contribution < -0.4 is 5.73 Å². The van der Waals surface area contributed by atoms with Gasteiger partial charge in [0.2, 0.25) is 0 Å². The standard InChI is InChI=1S/C7H16N2/c1-6-3-4-9(2)5-7(6)8/h6-7H,3-5,8H2,1-2H3. The molecule has 2 unspecified atom stereocenters. The third-order valence-corrected chi connectivity index (χ3v) is 2.22. The second-order valence-electron chi connectivity index (χ2n) is 3.19. The van der Waals surface area contributed by atoms with Gasteiger partial charge in [-0.25, -0.2) is 0 Å². The second-order valence-corrected chi connectivity index (χ2v) is 3.19. The molecule has 1 aliphatic rings. The van der Waals surface area contributed by atoms with E-state index in [1.807, 2.05) is 0 Å². The maximum absolute atomic E-state index is 5.83. The van der Waals surface area contributed by atoms with Crippen LogP contribution in [0.3, 0.4) is 0 Å². The van der Waals surface area contributed by atoms with Crippen molar-refractivity contribution in [1.82, 2.24) is 4.90 Å². The van der Waals surface area contributed by atoms with Gasteiger partial charge < -0.3 is 10.6 Å². The molecule has 1 rings (SSSR count). The maximum atomic E-state index is 5.83. The lowest BCUT2D eigenvalue weighted by atomic mass is 9.95. The summed E-state index contributed by atoms with van der Waals surface area (Å²) in [5.74, 6) is 0.723. The first-order valence-corrected chi connectivity index (χ1v) is 3.64. The Morgan fingerprint density at radius 1 is 1.56 bits per heavy atom. The van der Waals surface area contributed by atoms with Crippen LogP contribution in [0.1, 0.15) is 13.3 Å². The summed E-state index contributed by atoms with van der Waals surface area (Å²) in [6, 6.07) is 0.406. The number of nitrogens with zero attached hydrogens (tertiary/aromatic N) is 1. The van der Waals surface area contributed by atoms with E-state index >= 15 is 0 Å². The Bertz CT molecular complexity index is 92.9. The van der Waals surface area contributed by atoms with Crippen LogP contribution >= 0.6 is 0 Å². The van der Waals surface area contributed by atoms with Crippen LogP contribution in [-0.4, -0.2) is 31.1 Å². The number of rotatable bonds is 0. The minimum Gasteiger partial charge on any atom is -0.326 e. The van der Waals surface area contributed by atoms with Gasteiger partial charge in [-0.1, -0.05) is 6.92 Å². The average molecular weight is 128 g/mol. The SMILES string of the molecule is CC1CCN(C)CC1N. The minimum atomic E-state index is 0.406. The molecule has 0 amide bonds. The van der Waals surface area contributed by atoms with Crippen molar-refractivity contribution in [2.24, 2.45) is 11.7 Å². The molecule has 1 heterocycles. The summed E-state index contributed by atoms with van der Waals surface area (Å²) < 4.78 is 0. The lowest BCUT2D eigenvalue weighted by Crippen LogP contribution is -2.45. The number of hydrogen-bond acceptors (Lipinski definition) is 2. The van der Waals surface area contributed by atoms with Gasteiger partial charge in [-0.15, -0.1) is 0 Å². The average Bonchev–Trinajstić information content (AvgIpc) is 1.80. The Morgan fingerprint density at radius 3 is 2.67 bits per heavy atom. The first-order chi connectivity index (χ1) is 4.20. The highest BCUT2D eigenvalue weighted by Gasteiger charge is 2.19. The van der Waals surface area contributed by atoms with Crippen LogP contribution in [-0.2, 0) is 0 Å². The summed E-state index contributed by atoms with van der Waals surface area (Å²) in [6.45, 7) is 4.52. The molecule has 1 saturated heterocycles. The van der Waals surface area contributed by atoms with Crippen LogP contribution in [0.5, 0.6) is 0 Å². The fraction of sp³-hybridized carbons (Fsp3) is 1.00. The van der Waals surface area contributed by atoms with Gasteiger partial charge in [0.1, 0.15) is 0 Å². The summed E-state index contributed by atoms with van der Waals surface area (Å²) in [6.07, 6.45) is 1.26. The summed E-state index contributed by atoms with van der Waals surface area (Å²) in [5, 5.41) is 0. The molecule has 0 aromatic rings. The van der Waals surface area contributed by atoms with E-state index in [2.05, 4.69) is 18.9 Å². The Hall–Kier alpha value is -0.0800. The number of likely N-dealkylation sites (tertiary alicyclic amines) is 1. The van der Waals surface area contributed by atoms with Crippen molar-refractivity contribution >= 4 is 0 Å². The molecular weight excluding hydrogens is 112 g/mol. The Kier molecular flexibility index (Phi) is 2.09. The zero-order valence-electron chi connectivity index (χ0n) is 6.30. The van der Waals surface area contributed by atoms with E-state index < -0.39 is 0 Å². The van der Waals surface area contributed by atoms with E-state index in [-0.39, 0.29) is 0 Å². The molecule has 1 fully saturated rings. The molecule has 2 nitrogen and oxygen atoms in total. The van der Waals surface area contributed by atoms with Crippen molar-refractivity contribution in [3.63, 3.8) is 0 Å². The molecule has 0 bridgehead atoms. The fourth-order valence-corrected chi connectivity index (χ4v) is 1.27. The second kappa shape index (κ2) is 2.67. The third-order valence-electron chi connectivity index (χ3n) is 2.22. The lowest BCUT2D eigenvalue weighted by molar-refractivity contribution is 0.201.